The van der Waals surface area contributed by atoms with Crippen molar-refractivity contribution in [1.29, 1.82) is 0 Å². The van der Waals surface area contributed by atoms with E-state index in [9.17, 15) is 9.59 Å². The minimum Gasteiger partial charge on any atom is -0.339 e. The van der Waals surface area contributed by atoms with Crippen molar-refractivity contribution < 1.29 is 9.59 Å². The molecule has 2 aromatic carbocycles. The Hall–Kier alpha value is -2.88. The van der Waals surface area contributed by atoms with Gasteiger partial charge in [-0.25, -0.2) is 0 Å². The van der Waals surface area contributed by atoms with Gasteiger partial charge in [0.25, 0.3) is 11.8 Å². The zero-order valence-corrected chi connectivity index (χ0v) is 21.0. The minimum atomic E-state index is -0.0391. The highest BCUT2D eigenvalue weighted by molar-refractivity contribution is 5.97. The molecule has 172 valence electrons. The van der Waals surface area contributed by atoms with E-state index >= 15 is 0 Å². The highest BCUT2D eigenvalue weighted by atomic mass is 16.2. The Bertz CT molecular complexity index is 1120. The van der Waals surface area contributed by atoms with Crippen molar-refractivity contribution in [3.8, 4) is 11.1 Å². The fourth-order valence-electron chi connectivity index (χ4n) is 3.82. The van der Waals surface area contributed by atoms with Gasteiger partial charge in [-0.3, -0.25) is 9.59 Å². The van der Waals surface area contributed by atoms with E-state index in [-0.39, 0.29) is 23.9 Å². The van der Waals surface area contributed by atoms with Crippen LogP contribution in [-0.4, -0.2) is 47.8 Å². The highest BCUT2D eigenvalue weighted by Crippen LogP contribution is 2.26. The molecular formula is C28H38N2O2. The van der Waals surface area contributed by atoms with Crippen molar-refractivity contribution in [3.05, 3.63) is 57.0 Å². The Morgan fingerprint density at radius 1 is 0.750 bits per heavy atom. The van der Waals surface area contributed by atoms with E-state index in [0.29, 0.717) is 10.8 Å². The summed E-state index contributed by atoms with van der Waals surface area (Å²) in [5, 5.41) is 1.39. The lowest BCUT2D eigenvalue weighted by Gasteiger charge is -2.25. The fourth-order valence-corrected chi connectivity index (χ4v) is 3.82. The number of hydrogen-bond donors (Lipinski definition) is 0. The van der Waals surface area contributed by atoms with E-state index in [1.54, 1.807) is 9.80 Å². The Kier molecular flexibility index (Phi) is 8.06. The molecule has 2 rings (SSSR count). The van der Waals surface area contributed by atoms with Crippen LogP contribution in [0.2, 0.25) is 0 Å². The highest BCUT2D eigenvalue weighted by Gasteiger charge is 2.21. The van der Waals surface area contributed by atoms with E-state index in [0.717, 1.165) is 45.9 Å². The molecule has 0 saturated heterocycles. The molecule has 0 fully saturated rings. The molecule has 0 spiro atoms. The third-order valence-corrected chi connectivity index (χ3v) is 7.11. The van der Waals surface area contributed by atoms with Crippen LogP contribution in [-0.2, 0) is 0 Å². The first kappa shape index (κ1) is 25.4. The molecule has 0 aliphatic heterocycles. The monoisotopic (exact) mass is 434 g/mol. The molecule has 32 heavy (non-hydrogen) atoms. The molecule has 0 saturated carbocycles. The zero-order chi connectivity index (χ0) is 24.3. The SMILES string of the molecule is C=c1c(C(=O)N(C)C(C)CC)ccc(-c2ccc(C(=O)N(C)C(C)CC)c(C)c2C)c1=C. The van der Waals surface area contributed by atoms with Crippen molar-refractivity contribution in [2.45, 2.75) is 66.5 Å². The number of nitrogens with zero attached hydrogens (tertiary/aromatic N) is 2. The lowest BCUT2D eigenvalue weighted by molar-refractivity contribution is 0.0731. The molecule has 2 aromatic rings. The summed E-state index contributed by atoms with van der Waals surface area (Å²) in [6, 6.07) is 8.01. The topological polar surface area (TPSA) is 40.6 Å². The predicted octanol–water partition coefficient (Wildman–Crippen LogP) is 4.53. The normalized spacial score (nSPS) is 12.9. The van der Waals surface area contributed by atoms with Crippen LogP contribution in [0.1, 0.15) is 72.4 Å². The van der Waals surface area contributed by atoms with E-state index < -0.39 is 0 Å². The van der Waals surface area contributed by atoms with Gasteiger partial charge < -0.3 is 9.80 Å². The van der Waals surface area contributed by atoms with Gasteiger partial charge in [0.1, 0.15) is 0 Å². The predicted molar refractivity (Wildman–Crippen MR) is 135 cm³/mol. The summed E-state index contributed by atoms with van der Waals surface area (Å²) in [4.78, 5) is 29.5. The van der Waals surface area contributed by atoms with Crippen LogP contribution in [0.3, 0.4) is 0 Å². The van der Waals surface area contributed by atoms with E-state index in [1.165, 1.54) is 0 Å². The van der Waals surface area contributed by atoms with Gasteiger partial charge in [-0.2, -0.15) is 0 Å². The van der Waals surface area contributed by atoms with Crippen LogP contribution < -0.4 is 10.4 Å². The Labute approximate surface area is 193 Å². The molecule has 2 amide bonds. The first-order valence-corrected chi connectivity index (χ1v) is 11.4. The maximum absolute atomic E-state index is 13.0. The number of carbonyl (C=O) groups excluding carboxylic acids is 2. The Balaban J connectivity index is 2.52. The minimum absolute atomic E-state index is 0.0354. The van der Waals surface area contributed by atoms with E-state index in [2.05, 4.69) is 33.9 Å². The summed E-state index contributed by atoms with van der Waals surface area (Å²) >= 11 is 0. The van der Waals surface area contributed by atoms with Crippen molar-refractivity contribution in [2.75, 3.05) is 14.1 Å². The quantitative estimate of drug-likeness (QED) is 0.642. The van der Waals surface area contributed by atoms with Gasteiger partial charge >= 0.3 is 0 Å². The van der Waals surface area contributed by atoms with E-state index in [1.807, 2.05) is 59.1 Å². The average molecular weight is 435 g/mol. The summed E-state index contributed by atoms with van der Waals surface area (Å²) in [6.07, 6.45) is 1.80. The second-order valence-electron chi connectivity index (χ2n) is 8.88. The summed E-state index contributed by atoms with van der Waals surface area (Å²) in [6.45, 7) is 20.7. The molecule has 0 aliphatic carbocycles. The molecule has 0 bridgehead atoms. The number of benzene rings is 2. The van der Waals surface area contributed by atoms with Crippen LogP contribution in [0.15, 0.2) is 24.3 Å². The maximum Gasteiger partial charge on any atom is 0.254 e. The first-order chi connectivity index (χ1) is 15.0. The molecular weight excluding hydrogens is 396 g/mol. The Morgan fingerprint density at radius 3 is 1.69 bits per heavy atom. The zero-order valence-electron chi connectivity index (χ0n) is 21.0. The number of carbonyl (C=O) groups is 2. The summed E-state index contributed by atoms with van der Waals surface area (Å²) in [5.41, 5.74) is 5.24. The third kappa shape index (κ3) is 4.64. The van der Waals surface area contributed by atoms with Crippen LogP contribution in [0.5, 0.6) is 0 Å². The largest absolute Gasteiger partial charge is 0.339 e. The van der Waals surface area contributed by atoms with Gasteiger partial charge in [-0.15, -0.1) is 0 Å². The number of hydrogen-bond acceptors (Lipinski definition) is 2. The second kappa shape index (κ2) is 10.2. The van der Waals surface area contributed by atoms with Crippen LogP contribution in [0.25, 0.3) is 24.3 Å². The second-order valence-corrected chi connectivity index (χ2v) is 8.88. The smallest absolute Gasteiger partial charge is 0.254 e. The molecule has 2 atom stereocenters. The Morgan fingerprint density at radius 2 is 1.19 bits per heavy atom. The van der Waals surface area contributed by atoms with Crippen molar-refractivity contribution in [2.24, 2.45) is 0 Å². The van der Waals surface area contributed by atoms with Gasteiger partial charge in [0.2, 0.25) is 0 Å². The van der Waals surface area contributed by atoms with Gasteiger partial charge in [0, 0.05) is 37.3 Å². The van der Waals surface area contributed by atoms with Gasteiger partial charge in [0.15, 0.2) is 0 Å². The van der Waals surface area contributed by atoms with Crippen LogP contribution >= 0.6 is 0 Å². The lowest BCUT2D eigenvalue weighted by Crippen LogP contribution is -2.40. The molecule has 4 nitrogen and oxygen atoms in total. The van der Waals surface area contributed by atoms with Gasteiger partial charge in [-0.05, 0) is 85.4 Å². The van der Waals surface area contributed by atoms with Gasteiger partial charge in [0.05, 0.1) is 0 Å². The maximum atomic E-state index is 13.0. The first-order valence-electron chi connectivity index (χ1n) is 11.4. The molecule has 0 heterocycles. The molecule has 0 aliphatic rings. The van der Waals surface area contributed by atoms with E-state index in [4.69, 9.17) is 0 Å². The standard InChI is InChI=1S/C28H38N2O2/c1-11-17(3)29(9)27(31)25-15-13-23(19(5)21(25)7)24-14-16-26(22(8)20(24)6)28(32)30(10)18(4)12-2/h13-18H,5,7,11-12H2,1-4,6,8-10H3. The number of rotatable bonds is 7. The summed E-state index contributed by atoms with van der Waals surface area (Å²) in [5.74, 6) is -0.00375. The van der Waals surface area contributed by atoms with Crippen LogP contribution in [0.4, 0.5) is 0 Å². The molecule has 0 radical (unpaired) electrons. The van der Waals surface area contributed by atoms with Crippen molar-refractivity contribution >= 4 is 25.0 Å². The van der Waals surface area contributed by atoms with Crippen molar-refractivity contribution in [1.82, 2.24) is 9.80 Å². The summed E-state index contributed by atoms with van der Waals surface area (Å²) < 4.78 is 0. The molecule has 0 aromatic heterocycles. The third-order valence-electron chi connectivity index (χ3n) is 7.11. The molecule has 4 heteroatoms. The van der Waals surface area contributed by atoms with Gasteiger partial charge in [-0.1, -0.05) is 39.1 Å². The molecule has 0 N–H and O–H groups in total. The lowest BCUT2D eigenvalue weighted by atomic mass is 9.91. The fraction of sp³-hybridized carbons (Fsp3) is 0.429. The average Bonchev–Trinajstić information content (AvgIpc) is 2.79. The summed E-state index contributed by atoms with van der Waals surface area (Å²) in [7, 11) is 3.68. The van der Waals surface area contributed by atoms with Crippen LogP contribution in [0, 0.1) is 13.8 Å². The molecule has 2 unspecified atom stereocenters. The van der Waals surface area contributed by atoms with Crippen molar-refractivity contribution in [3.63, 3.8) is 0 Å². The number of amides is 2.